The van der Waals surface area contributed by atoms with E-state index in [0.29, 0.717) is 11.6 Å². The Morgan fingerprint density at radius 1 is 0.875 bits per heavy atom. The predicted molar refractivity (Wildman–Crippen MR) is 53.7 cm³/mol. The molecule has 0 aliphatic rings. The van der Waals surface area contributed by atoms with Crippen LogP contribution in [0.4, 0.5) is 0 Å². The summed E-state index contributed by atoms with van der Waals surface area (Å²) in [5.41, 5.74) is 0. The molecule has 7 nitrogen and oxygen atoms in total. The van der Waals surface area contributed by atoms with Crippen molar-refractivity contribution in [1.29, 1.82) is 0 Å². The van der Waals surface area contributed by atoms with E-state index >= 15 is 0 Å². The zero-order valence-corrected chi connectivity index (χ0v) is 9.60. The lowest BCUT2D eigenvalue weighted by Gasteiger charge is -2.06. The van der Waals surface area contributed by atoms with Crippen LogP contribution in [-0.2, 0) is 14.2 Å². The van der Waals surface area contributed by atoms with Gasteiger partial charge in [0.1, 0.15) is 18.4 Å². The number of nitrogens with zero attached hydrogens (tertiary/aromatic N) is 3. The van der Waals surface area contributed by atoms with Gasteiger partial charge in [-0.15, -0.1) is 0 Å². The van der Waals surface area contributed by atoms with Gasteiger partial charge in [0.2, 0.25) is 0 Å². The van der Waals surface area contributed by atoms with Gasteiger partial charge in [0.15, 0.2) is 13.6 Å². The second-order valence-corrected chi connectivity index (χ2v) is 2.91. The number of aryl methyl sites for hydroxylation is 2. The van der Waals surface area contributed by atoms with Crippen molar-refractivity contribution in [3.63, 3.8) is 0 Å². The highest BCUT2D eigenvalue weighted by molar-refractivity contribution is 4.98. The highest BCUT2D eigenvalue weighted by Gasteiger charge is 2.00. The van der Waals surface area contributed by atoms with Crippen LogP contribution in [0.2, 0.25) is 0 Å². The van der Waals surface area contributed by atoms with E-state index in [2.05, 4.69) is 19.7 Å². The molecule has 0 atom stereocenters. The van der Waals surface area contributed by atoms with Gasteiger partial charge in [-0.2, -0.15) is 9.97 Å². The fourth-order valence-electron chi connectivity index (χ4n) is 0.955. The summed E-state index contributed by atoms with van der Waals surface area (Å²) < 4.78 is 19.7. The van der Waals surface area contributed by atoms with Crippen molar-refractivity contribution in [2.45, 2.75) is 13.8 Å². The summed E-state index contributed by atoms with van der Waals surface area (Å²) in [7, 11) is 1.53. The number of hydrogen-bond donors (Lipinski definition) is 0. The van der Waals surface area contributed by atoms with E-state index in [1.165, 1.54) is 7.11 Å². The van der Waals surface area contributed by atoms with E-state index in [1.807, 2.05) is 0 Å². The van der Waals surface area contributed by atoms with Gasteiger partial charge in [-0.1, -0.05) is 0 Å². The molecule has 1 aromatic heterocycles. The summed E-state index contributed by atoms with van der Waals surface area (Å²) in [6.45, 7) is 3.83. The van der Waals surface area contributed by atoms with Crippen LogP contribution < -0.4 is 4.74 Å². The van der Waals surface area contributed by atoms with Gasteiger partial charge in [0.05, 0.1) is 0 Å². The number of methoxy groups -OCH3 is 1. The molecule has 0 amide bonds. The van der Waals surface area contributed by atoms with Crippen LogP contribution in [0.5, 0.6) is 6.01 Å². The molecule has 16 heavy (non-hydrogen) atoms. The third kappa shape index (κ3) is 4.96. The Morgan fingerprint density at radius 3 is 2.12 bits per heavy atom. The molecule has 0 aromatic carbocycles. The van der Waals surface area contributed by atoms with Crippen LogP contribution in [0.3, 0.4) is 0 Å². The topological polar surface area (TPSA) is 75.6 Å². The minimum Gasteiger partial charge on any atom is -0.436 e. The first-order valence-corrected chi connectivity index (χ1v) is 4.69. The molecule has 1 rings (SSSR count). The van der Waals surface area contributed by atoms with Crippen LogP contribution in [0.25, 0.3) is 0 Å². The molecule has 0 radical (unpaired) electrons. The van der Waals surface area contributed by atoms with Gasteiger partial charge >= 0.3 is 6.01 Å². The first-order chi connectivity index (χ1) is 7.72. The second kappa shape index (κ2) is 7.04. The van der Waals surface area contributed by atoms with Crippen LogP contribution in [0.15, 0.2) is 0 Å². The Bertz CT molecular complexity index is 301. The summed E-state index contributed by atoms with van der Waals surface area (Å²) >= 11 is 0. The lowest BCUT2D eigenvalue weighted by Crippen LogP contribution is -2.10. The van der Waals surface area contributed by atoms with Gasteiger partial charge < -0.3 is 18.9 Å². The van der Waals surface area contributed by atoms with Crippen LogP contribution >= 0.6 is 0 Å². The molecule has 0 N–H and O–H groups in total. The van der Waals surface area contributed by atoms with Crippen molar-refractivity contribution in [3.8, 4) is 6.01 Å². The standard InChI is InChI=1S/C9H15N3O4/c1-7-10-8(2)12-9(11-7)16-6-15-5-14-4-13-3/h4-6H2,1-3H3. The molecule has 7 heteroatoms. The maximum Gasteiger partial charge on any atom is 0.322 e. The molecule has 0 aliphatic heterocycles. The molecule has 0 spiro atoms. The number of rotatable bonds is 7. The Labute approximate surface area is 93.7 Å². The third-order valence-electron chi connectivity index (χ3n) is 1.48. The van der Waals surface area contributed by atoms with Crippen LogP contribution in [0, 0.1) is 13.8 Å². The summed E-state index contributed by atoms with van der Waals surface area (Å²) in [5.74, 6) is 1.22. The lowest BCUT2D eigenvalue weighted by molar-refractivity contribution is -0.146. The van der Waals surface area contributed by atoms with Crippen LogP contribution in [0.1, 0.15) is 11.6 Å². The highest BCUT2D eigenvalue weighted by Crippen LogP contribution is 2.02. The summed E-state index contributed by atoms with van der Waals surface area (Å²) in [6, 6.07) is 0.247. The quantitative estimate of drug-likeness (QED) is 0.495. The number of hydrogen-bond acceptors (Lipinski definition) is 7. The monoisotopic (exact) mass is 229 g/mol. The van der Waals surface area contributed by atoms with E-state index in [9.17, 15) is 0 Å². The van der Waals surface area contributed by atoms with Gasteiger partial charge in [-0.25, -0.2) is 4.98 Å². The first-order valence-electron chi connectivity index (χ1n) is 4.69. The van der Waals surface area contributed by atoms with E-state index in [4.69, 9.17) is 14.2 Å². The van der Waals surface area contributed by atoms with Crippen molar-refractivity contribution in [1.82, 2.24) is 15.0 Å². The van der Waals surface area contributed by atoms with Gasteiger partial charge in [0.25, 0.3) is 0 Å². The van der Waals surface area contributed by atoms with Crippen molar-refractivity contribution >= 4 is 0 Å². The fourth-order valence-corrected chi connectivity index (χ4v) is 0.955. The van der Waals surface area contributed by atoms with E-state index in [0.717, 1.165) is 0 Å². The van der Waals surface area contributed by atoms with E-state index < -0.39 is 0 Å². The van der Waals surface area contributed by atoms with Gasteiger partial charge in [-0.05, 0) is 13.8 Å². The Hall–Kier alpha value is -1.31. The predicted octanol–water partition coefficient (Wildman–Crippen LogP) is 0.419. The maximum atomic E-state index is 5.14. The first kappa shape index (κ1) is 12.8. The van der Waals surface area contributed by atoms with Gasteiger partial charge in [-0.3, -0.25) is 0 Å². The average Bonchev–Trinajstić information content (AvgIpc) is 2.22. The van der Waals surface area contributed by atoms with Crippen molar-refractivity contribution < 1.29 is 18.9 Å². The smallest absolute Gasteiger partial charge is 0.322 e. The summed E-state index contributed by atoms with van der Waals surface area (Å²) in [4.78, 5) is 12.0. The van der Waals surface area contributed by atoms with E-state index in [-0.39, 0.29) is 26.4 Å². The Kier molecular flexibility index (Phi) is 5.62. The molecule has 0 unspecified atom stereocenters. The van der Waals surface area contributed by atoms with Gasteiger partial charge in [0, 0.05) is 7.11 Å². The van der Waals surface area contributed by atoms with Crippen molar-refractivity contribution in [2.24, 2.45) is 0 Å². The highest BCUT2D eigenvalue weighted by atomic mass is 16.8. The molecule has 1 heterocycles. The number of ether oxygens (including phenoxy) is 4. The average molecular weight is 229 g/mol. The van der Waals surface area contributed by atoms with Crippen molar-refractivity contribution in [3.05, 3.63) is 11.6 Å². The molecule has 0 saturated heterocycles. The third-order valence-corrected chi connectivity index (χ3v) is 1.48. The fraction of sp³-hybridized carbons (Fsp3) is 0.667. The largest absolute Gasteiger partial charge is 0.436 e. The Morgan fingerprint density at radius 2 is 1.50 bits per heavy atom. The molecule has 0 fully saturated rings. The van der Waals surface area contributed by atoms with Crippen LogP contribution in [-0.4, -0.2) is 42.4 Å². The van der Waals surface area contributed by atoms with Crippen molar-refractivity contribution in [2.75, 3.05) is 27.5 Å². The van der Waals surface area contributed by atoms with E-state index in [1.54, 1.807) is 13.8 Å². The summed E-state index contributed by atoms with van der Waals surface area (Å²) in [6.07, 6.45) is 0. The molecule has 0 saturated carbocycles. The summed E-state index contributed by atoms with van der Waals surface area (Å²) in [5, 5.41) is 0. The zero-order valence-electron chi connectivity index (χ0n) is 9.60. The minimum atomic E-state index is 0.0204. The normalized spacial score (nSPS) is 10.4. The number of aromatic nitrogens is 3. The SMILES string of the molecule is COCOCOCOc1nc(C)nc(C)n1. The molecule has 0 bridgehead atoms. The lowest BCUT2D eigenvalue weighted by atomic mass is 10.6. The minimum absolute atomic E-state index is 0.0204. The molecule has 90 valence electrons. The zero-order chi connectivity index (χ0) is 11.8. The second-order valence-electron chi connectivity index (χ2n) is 2.91. The maximum absolute atomic E-state index is 5.14. The molecular weight excluding hydrogens is 214 g/mol. The Balaban J connectivity index is 2.21. The molecule has 0 aliphatic carbocycles. The molecular formula is C9H15N3O4. The molecule has 1 aromatic rings.